The van der Waals surface area contributed by atoms with Crippen molar-refractivity contribution in [2.75, 3.05) is 13.3 Å². The smallest absolute Gasteiger partial charge is 0.282 e. The number of halogens is 1. The third-order valence-electron chi connectivity index (χ3n) is 5.33. The number of thiazole rings is 1. The van der Waals surface area contributed by atoms with Gasteiger partial charge in [0.15, 0.2) is 11.5 Å². The lowest BCUT2D eigenvalue weighted by molar-refractivity contribution is -0.385. The fourth-order valence-electron chi connectivity index (χ4n) is 3.62. The highest BCUT2D eigenvalue weighted by atomic mass is 35.5. The molecule has 176 valence electrons. The van der Waals surface area contributed by atoms with Crippen LogP contribution in [0.1, 0.15) is 11.1 Å². The minimum Gasteiger partial charge on any atom is -0.454 e. The predicted molar refractivity (Wildman–Crippen MR) is 136 cm³/mol. The van der Waals surface area contributed by atoms with Crippen LogP contribution in [-0.4, -0.2) is 29.2 Å². The van der Waals surface area contributed by atoms with Crippen LogP contribution in [0.5, 0.6) is 11.5 Å². The minimum absolute atomic E-state index is 0.0235. The molecule has 1 aromatic heterocycles. The highest BCUT2D eigenvalue weighted by Gasteiger charge is 2.22. The first-order valence-corrected chi connectivity index (χ1v) is 12.0. The van der Waals surface area contributed by atoms with E-state index in [-0.39, 0.29) is 12.5 Å². The van der Waals surface area contributed by atoms with Gasteiger partial charge in [-0.25, -0.2) is 4.68 Å². The molecule has 1 aliphatic heterocycles. The molecule has 0 fully saturated rings. The topological polar surface area (TPSA) is 91.2 Å². The van der Waals surface area contributed by atoms with Gasteiger partial charge in [-0.2, -0.15) is 5.10 Å². The van der Waals surface area contributed by atoms with Crippen molar-refractivity contribution in [1.82, 2.24) is 4.68 Å². The maximum atomic E-state index is 11.7. The number of fused-ring (bicyclic) bond motifs is 1. The Labute approximate surface area is 209 Å². The van der Waals surface area contributed by atoms with Crippen molar-refractivity contribution in [2.45, 2.75) is 6.42 Å². The summed E-state index contributed by atoms with van der Waals surface area (Å²) < 4.78 is 12.3. The van der Waals surface area contributed by atoms with Crippen molar-refractivity contribution in [1.29, 1.82) is 0 Å². The van der Waals surface area contributed by atoms with Crippen LogP contribution in [0, 0.1) is 10.1 Å². The van der Waals surface area contributed by atoms with Crippen LogP contribution in [0.3, 0.4) is 0 Å². The summed E-state index contributed by atoms with van der Waals surface area (Å²) in [6.07, 6.45) is 2.22. The van der Waals surface area contributed by atoms with E-state index in [9.17, 15) is 10.1 Å². The maximum Gasteiger partial charge on any atom is 0.282 e. The van der Waals surface area contributed by atoms with E-state index in [1.165, 1.54) is 29.2 Å². The van der Waals surface area contributed by atoms with Crippen LogP contribution < -0.4 is 14.3 Å². The number of nitro benzene ring substituents is 1. The van der Waals surface area contributed by atoms with Gasteiger partial charge in [-0.1, -0.05) is 54.1 Å². The van der Waals surface area contributed by atoms with Crippen molar-refractivity contribution in [3.8, 4) is 22.8 Å². The van der Waals surface area contributed by atoms with Crippen LogP contribution in [-0.2, 0) is 6.42 Å². The van der Waals surface area contributed by atoms with Gasteiger partial charge >= 0.3 is 0 Å². The number of ether oxygens (including phenoxy) is 2. The molecule has 0 bridgehead atoms. The van der Waals surface area contributed by atoms with Gasteiger partial charge in [-0.05, 0) is 30.2 Å². The SMILES string of the molecule is O=[N+]([O-])c1cc2c(cc1C=Nn1c(-c3cccc(Cl)c3)csc1=NCCc1ccccc1)OCO2. The first kappa shape index (κ1) is 22.8. The van der Waals surface area contributed by atoms with Gasteiger partial charge in [0, 0.05) is 22.5 Å². The van der Waals surface area contributed by atoms with Crippen LogP contribution in [0.25, 0.3) is 11.3 Å². The Bertz CT molecular complexity index is 1480. The molecule has 2 heterocycles. The Balaban J connectivity index is 1.55. The van der Waals surface area contributed by atoms with E-state index in [1.807, 2.05) is 41.8 Å². The second kappa shape index (κ2) is 10.1. The molecule has 0 N–H and O–H groups in total. The minimum atomic E-state index is -0.468. The third kappa shape index (κ3) is 5.11. The number of aromatic nitrogens is 1. The summed E-state index contributed by atoms with van der Waals surface area (Å²) in [5, 5.41) is 18.8. The van der Waals surface area contributed by atoms with E-state index in [4.69, 9.17) is 26.1 Å². The Morgan fingerprint density at radius 3 is 2.66 bits per heavy atom. The van der Waals surface area contributed by atoms with Crippen molar-refractivity contribution < 1.29 is 14.4 Å². The third-order valence-corrected chi connectivity index (χ3v) is 6.42. The number of benzene rings is 3. The number of rotatable bonds is 7. The van der Waals surface area contributed by atoms with Gasteiger partial charge in [0.05, 0.1) is 28.5 Å². The molecule has 35 heavy (non-hydrogen) atoms. The molecule has 1 aliphatic rings. The fourth-order valence-corrected chi connectivity index (χ4v) is 4.67. The normalized spacial score (nSPS) is 13.0. The highest BCUT2D eigenvalue weighted by Crippen LogP contribution is 2.37. The van der Waals surface area contributed by atoms with Gasteiger partial charge in [0.2, 0.25) is 11.6 Å². The molecular formula is C25H19ClN4O4S. The average Bonchev–Trinajstić information content (AvgIpc) is 3.49. The lowest BCUT2D eigenvalue weighted by Crippen LogP contribution is -2.13. The Morgan fingerprint density at radius 1 is 1.09 bits per heavy atom. The summed E-state index contributed by atoms with van der Waals surface area (Å²) in [6.45, 7) is 0.592. The molecule has 4 aromatic rings. The van der Waals surface area contributed by atoms with Crippen molar-refractivity contribution in [3.05, 3.63) is 103 Å². The number of nitrogens with zero attached hydrogens (tertiary/aromatic N) is 4. The average molecular weight is 507 g/mol. The number of nitro groups is 1. The molecule has 3 aromatic carbocycles. The first-order chi connectivity index (χ1) is 17.1. The second-order valence-electron chi connectivity index (χ2n) is 7.61. The van der Waals surface area contributed by atoms with E-state index in [2.05, 4.69) is 17.2 Å². The standard InChI is InChI=1S/C25H19ClN4O4S/c26-20-8-4-7-18(11-20)22-15-35-25(27-10-9-17-5-2-1-3-6-17)29(22)28-14-19-12-23-24(34-16-33-23)13-21(19)30(31)32/h1-8,11-15H,9-10,16H2. The van der Waals surface area contributed by atoms with E-state index >= 15 is 0 Å². The highest BCUT2D eigenvalue weighted by molar-refractivity contribution is 7.07. The summed E-state index contributed by atoms with van der Waals surface area (Å²) in [7, 11) is 0. The molecule has 0 amide bonds. The van der Waals surface area contributed by atoms with E-state index in [0.717, 1.165) is 17.7 Å². The molecule has 8 nitrogen and oxygen atoms in total. The van der Waals surface area contributed by atoms with Crippen LogP contribution in [0.4, 0.5) is 5.69 Å². The Morgan fingerprint density at radius 2 is 1.89 bits per heavy atom. The first-order valence-electron chi connectivity index (χ1n) is 10.7. The summed E-state index contributed by atoms with van der Waals surface area (Å²) in [5.74, 6) is 0.781. The lowest BCUT2D eigenvalue weighted by Gasteiger charge is -2.05. The Hall–Kier alpha value is -3.95. The van der Waals surface area contributed by atoms with Crippen LogP contribution >= 0.6 is 22.9 Å². The molecule has 0 atom stereocenters. The zero-order valence-electron chi connectivity index (χ0n) is 18.3. The van der Waals surface area contributed by atoms with Gasteiger partial charge in [-0.3, -0.25) is 15.1 Å². The van der Waals surface area contributed by atoms with E-state index < -0.39 is 4.92 Å². The molecule has 0 spiro atoms. The molecule has 0 unspecified atom stereocenters. The Kier molecular flexibility index (Phi) is 6.60. The summed E-state index contributed by atoms with van der Waals surface area (Å²) in [5.41, 5.74) is 2.99. The quantitative estimate of drug-likeness (QED) is 0.187. The van der Waals surface area contributed by atoms with Gasteiger partial charge < -0.3 is 9.47 Å². The van der Waals surface area contributed by atoms with Gasteiger partial charge in [-0.15, -0.1) is 11.3 Å². The second-order valence-corrected chi connectivity index (χ2v) is 8.88. The van der Waals surface area contributed by atoms with Crippen LogP contribution in [0.2, 0.25) is 5.02 Å². The molecule has 0 radical (unpaired) electrons. The largest absolute Gasteiger partial charge is 0.454 e. The van der Waals surface area contributed by atoms with E-state index in [0.29, 0.717) is 33.4 Å². The molecule has 0 saturated carbocycles. The van der Waals surface area contributed by atoms with Crippen molar-refractivity contribution in [3.63, 3.8) is 0 Å². The maximum absolute atomic E-state index is 11.7. The molecule has 0 saturated heterocycles. The summed E-state index contributed by atoms with van der Waals surface area (Å²) in [6, 6.07) is 20.4. The molecule has 10 heteroatoms. The summed E-state index contributed by atoms with van der Waals surface area (Å²) >= 11 is 7.66. The number of hydrogen-bond donors (Lipinski definition) is 0. The zero-order chi connectivity index (χ0) is 24.2. The monoisotopic (exact) mass is 506 g/mol. The lowest BCUT2D eigenvalue weighted by atomic mass is 10.1. The number of hydrogen-bond acceptors (Lipinski definition) is 7. The summed E-state index contributed by atoms with van der Waals surface area (Å²) in [4.78, 5) is 16.6. The van der Waals surface area contributed by atoms with Crippen LogP contribution in [0.15, 0.2) is 82.2 Å². The molecule has 0 aliphatic carbocycles. The van der Waals surface area contributed by atoms with Crippen molar-refractivity contribution >= 4 is 34.8 Å². The van der Waals surface area contributed by atoms with Gasteiger partial charge in [0.1, 0.15) is 0 Å². The van der Waals surface area contributed by atoms with E-state index in [1.54, 1.807) is 16.8 Å². The fraction of sp³-hybridized carbons (Fsp3) is 0.120. The van der Waals surface area contributed by atoms with Gasteiger partial charge in [0.25, 0.3) is 5.69 Å². The predicted octanol–water partition coefficient (Wildman–Crippen LogP) is 5.53. The molecular weight excluding hydrogens is 488 g/mol. The zero-order valence-corrected chi connectivity index (χ0v) is 19.9. The molecule has 5 rings (SSSR count). The van der Waals surface area contributed by atoms with Crippen molar-refractivity contribution in [2.24, 2.45) is 10.1 Å².